The van der Waals surface area contributed by atoms with Crippen LogP contribution < -0.4 is 0 Å². The van der Waals surface area contributed by atoms with Gasteiger partial charge in [0.05, 0.1) is 31.5 Å². The van der Waals surface area contributed by atoms with Crippen molar-refractivity contribution < 1.29 is 49.2 Å². The maximum atomic E-state index is 13.4. The quantitative estimate of drug-likeness (QED) is 0.165. The van der Waals surface area contributed by atoms with Gasteiger partial charge in [0.2, 0.25) is 6.36 Å². The Morgan fingerprint density at radius 1 is 0.960 bits per heavy atom. The largest absolute Gasteiger partial charge is 0.394 e. The first-order chi connectivity index (χ1) is 11.8. The van der Waals surface area contributed by atoms with Gasteiger partial charge in [0.25, 0.3) is 0 Å². The fourth-order valence-corrected chi connectivity index (χ4v) is 2.75. The Hall–Kier alpha value is -1.12. The number of rotatable bonds is 5. The summed E-state index contributed by atoms with van der Waals surface area (Å²) in [7, 11) is 0. The van der Waals surface area contributed by atoms with E-state index >= 15 is 0 Å². The standard InChI is InChI=1S/C12H20FN3O9/c13-11-8(21)7(20)10(4(2-18)23-11)25-12-9(22)6(19)5(15-16-14)3(1-17)24-12/h3-12,17-22H,1-2H2/t3-,4-,5-,6+,7-,8-,9-,10-,11+,12+/m1/s1. The molecule has 2 saturated heterocycles. The first kappa shape index (κ1) is 20.2. The molecule has 10 atom stereocenters. The molecule has 2 heterocycles. The van der Waals surface area contributed by atoms with Gasteiger partial charge in [-0.25, -0.2) is 4.39 Å². The number of azide groups is 1. The molecule has 0 amide bonds. The summed E-state index contributed by atoms with van der Waals surface area (Å²) in [6.45, 7) is -1.46. The lowest BCUT2D eigenvalue weighted by Gasteiger charge is -2.45. The van der Waals surface area contributed by atoms with Gasteiger partial charge >= 0.3 is 0 Å². The van der Waals surface area contributed by atoms with Crippen LogP contribution >= 0.6 is 0 Å². The molecule has 0 aliphatic carbocycles. The number of alkyl halides is 1. The predicted molar refractivity (Wildman–Crippen MR) is 74.4 cm³/mol. The van der Waals surface area contributed by atoms with Gasteiger partial charge in [-0.3, -0.25) is 0 Å². The molecular formula is C12H20FN3O9. The highest BCUT2D eigenvalue weighted by Gasteiger charge is 2.50. The van der Waals surface area contributed by atoms with Crippen molar-refractivity contribution in [2.75, 3.05) is 13.2 Å². The van der Waals surface area contributed by atoms with Crippen LogP contribution in [0, 0.1) is 0 Å². The van der Waals surface area contributed by atoms with E-state index in [0.29, 0.717) is 0 Å². The van der Waals surface area contributed by atoms with Crippen molar-refractivity contribution in [2.24, 2.45) is 5.11 Å². The smallest absolute Gasteiger partial charge is 0.228 e. The number of aliphatic hydroxyl groups is 6. The van der Waals surface area contributed by atoms with Gasteiger partial charge in [-0.1, -0.05) is 5.11 Å². The van der Waals surface area contributed by atoms with E-state index in [4.69, 9.17) is 15.0 Å². The second-order valence-electron chi connectivity index (χ2n) is 5.69. The minimum absolute atomic E-state index is 0.685. The van der Waals surface area contributed by atoms with Gasteiger partial charge in [-0.2, -0.15) is 0 Å². The van der Waals surface area contributed by atoms with Crippen molar-refractivity contribution in [3.05, 3.63) is 10.4 Å². The third kappa shape index (κ3) is 4.01. The summed E-state index contributed by atoms with van der Waals surface area (Å²) in [6.07, 6.45) is -15.2. The molecule has 0 radical (unpaired) electrons. The van der Waals surface area contributed by atoms with Crippen molar-refractivity contribution in [1.82, 2.24) is 0 Å². The highest BCUT2D eigenvalue weighted by molar-refractivity contribution is 4.96. The molecule has 0 saturated carbocycles. The van der Waals surface area contributed by atoms with E-state index in [9.17, 15) is 35.0 Å². The number of aliphatic hydroxyl groups excluding tert-OH is 6. The summed E-state index contributed by atoms with van der Waals surface area (Å²) >= 11 is 0. The predicted octanol–water partition coefficient (Wildman–Crippen LogP) is -3.10. The van der Waals surface area contributed by atoms with E-state index in [1.807, 2.05) is 0 Å². The van der Waals surface area contributed by atoms with Crippen molar-refractivity contribution in [1.29, 1.82) is 0 Å². The van der Waals surface area contributed by atoms with Crippen LogP contribution in [-0.4, -0.2) is 105 Å². The normalized spacial score (nSPS) is 48.0. The Kier molecular flexibility index (Phi) is 6.87. The van der Waals surface area contributed by atoms with Crippen LogP contribution in [-0.2, 0) is 14.2 Å². The average Bonchev–Trinajstić information content (AvgIpc) is 2.61. The monoisotopic (exact) mass is 369 g/mol. The van der Waals surface area contributed by atoms with Gasteiger partial charge in [0.15, 0.2) is 6.29 Å². The summed E-state index contributed by atoms with van der Waals surface area (Å²) in [5.74, 6) is 0. The van der Waals surface area contributed by atoms with E-state index < -0.39 is 74.6 Å². The molecular weight excluding hydrogens is 349 g/mol. The van der Waals surface area contributed by atoms with Crippen molar-refractivity contribution in [2.45, 2.75) is 61.4 Å². The van der Waals surface area contributed by atoms with Gasteiger partial charge in [0, 0.05) is 4.91 Å². The van der Waals surface area contributed by atoms with Crippen LogP contribution in [0.3, 0.4) is 0 Å². The molecule has 0 aromatic rings. The highest BCUT2D eigenvalue weighted by atomic mass is 19.1. The molecule has 0 unspecified atom stereocenters. The van der Waals surface area contributed by atoms with Gasteiger partial charge < -0.3 is 44.8 Å². The fraction of sp³-hybridized carbons (Fsp3) is 1.00. The molecule has 25 heavy (non-hydrogen) atoms. The minimum atomic E-state index is -2.26. The van der Waals surface area contributed by atoms with Crippen molar-refractivity contribution >= 4 is 0 Å². The third-order valence-corrected chi connectivity index (χ3v) is 4.13. The lowest BCUT2D eigenvalue weighted by atomic mass is 9.96. The van der Waals surface area contributed by atoms with Crippen LogP contribution in [0.25, 0.3) is 10.4 Å². The SMILES string of the molecule is [N-]=[N+]=N[C@H]1[C@H](O)[C@@H](O)[C@H](O[C@H]2[C@H](O)[C@@H](O)[C@@H](F)O[C@@H]2CO)O[C@@H]1CO. The summed E-state index contributed by atoms with van der Waals surface area (Å²) in [4.78, 5) is 2.49. The molecule has 2 aliphatic rings. The number of halogens is 1. The fourth-order valence-electron chi connectivity index (χ4n) is 2.75. The van der Waals surface area contributed by atoms with Crippen LogP contribution in [0.2, 0.25) is 0 Å². The molecule has 144 valence electrons. The molecule has 0 aromatic carbocycles. The molecule has 0 spiro atoms. The summed E-state index contributed by atoms with van der Waals surface area (Å²) in [5.41, 5.74) is 8.47. The second-order valence-corrected chi connectivity index (χ2v) is 5.69. The summed E-state index contributed by atoms with van der Waals surface area (Å²) in [5, 5.41) is 61.3. The van der Waals surface area contributed by atoms with Crippen LogP contribution in [0.1, 0.15) is 0 Å². The number of ether oxygens (including phenoxy) is 3. The highest BCUT2D eigenvalue weighted by Crippen LogP contribution is 2.30. The summed E-state index contributed by atoms with van der Waals surface area (Å²) in [6, 6.07) is -1.30. The first-order valence-corrected chi connectivity index (χ1v) is 7.44. The Morgan fingerprint density at radius 3 is 2.16 bits per heavy atom. The lowest BCUT2D eigenvalue weighted by molar-refractivity contribution is -0.338. The third-order valence-electron chi connectivity index (χ3n) is 4.13. The molecule has 0 bridgehead atoms. The molecule has 2 rings (SSSR count). The van der Waals surface area contributed by atoms with Crippen molar-refractivity contribution in [3.63, 3.8) is 0 Å². The lowest BCUT2D eigenvalue weighted by Crippen LogP contribution is -2.63. The zero-order valence-corrected chi connectivity index (χ0v) is 12.8. The van der Waals surface area contributed by atoms with E-state index in [-0.39, 0.29) is 0 Å². The maximum Gasteiger partial charge on any atom is 0.228 e. The van der Waals surface area contributed by atoms with Gasteiger partial charge in [-0.15, -0.1) is 0 Å². The number of nitrogens with zero attached hydrogens (tertiary/aromatic N) is 3. The molecule has 12 nitrogen and oxygen atoms in total. The average molecular weight is 369 g/mol. The van der Waals surface area contributed by atoms with E-state index in [1.54, 1.807) is 0 Å². The maximum absolute atomic E-state index is 13.4. The minimum Gasteiger partial charge on any atom is -0.394 e. The second kappa shape index (κ2) is 8.51. The molecule has 0 aromatic heterocycles. The summed E-state index contributed by atoms with van der Waals surface area (Å²) < 4.78 is 28.6. The Morgan fingerprint density at radius 2 is 1.60 bits per heavy atom. The molecule has 2 fully saturated rings. The van der Waals surface area contributed by atoms with Crippen molar-refractivity contribution in [3.8, 4) is 0 Å². The molecule has 13 heteroatoms. The number of hydrogen-bond acceptors (Lipinski definition) is 10. The van der Waals surface area contributed by atoms with Gasteiger partial charge in [-0.05, 0) is 5.53 Å². The van der Waals surface area contributed by atoms with E-state index in [2.05, 4.69) is 14.8 Å². The van der Waals surface area contributed by atoms with Gasteiger partial charge in [0.1, 0.15) is 30.5 Å². The zero-order chi connectivity index (χ0) is 18.7. The Labute approximate surface area is 140 Å². The Balaban J connectivity index is 2.16. The van der Waals surface area contributed by atoms with E-state index in [1.165, 1.54) is 0 Å². The topological polar surface area (TPSA) is 198 Å². The van der Waals surface area contributed by atoms with Crippen LogP contribution in [0.15, 0.2) is 5.11 Å². The zero-order valence-electron chi connectivity index (χ0n) is 12.8. The van der Waals surface area contributed by atoms with Crippen LogP contribution in [0.4, 0.5) is 4.39 Å². The first-order valence-electron chi connectivity index (χ1n) is 7.44. The molecule has 2 aliphatic heterocycles. The van der Waals surface area contributed by atoms with Crippen LogP contribution in [0.5, 0.6) is 0 Å². The molecule has 6 N–H and O–H groups in total. The van der Waals surface area contributed by atoms with E-state index in [0.717, 1.165) is 0 Å². The Bertz CT molecular complexity index is 492. The number of hydrogen-bond donors (Lipinski definition) is 6.